The Bertz CT molecular complexity index is 882. The maximum atomic E-state index is 12.1. The number of nitrogens with zero attached hydrogens (tertiary/aromatic N) is 2. The average Bonchev–Trinajstić information content (AvgIpc) is 3.31. The third-order valence-corrected chi connectivity index (χ3v) is 5.21. The third-order valence-electron chi connectivity index (χ3n) is 4.17. The van der Waals surface area contributed by atoms with Crippen molar-refractivity contribution in [3.8, 4) is 5.69 Å². The second-order valence-corrected chi connectivity index (χ2v) is 7.47. The zero-order chi connectivity index (χ0) is 18.5. The van der Waals surface area contributed by atoms with E-state index in [1.165, 1.54) is 11.3 Å². The molecule has 0 spiro atoms. The number of carbonyl (C=O) groups is 2. The van der Waals surface area contributed by atoms with Crippen LogP contribution in [0.4, 0.5) is 0 Å². The maximum absolute atomic E-state index is 12.1. The minimum Gasteiger partial charge on any atom is -0.350 e. The predicted octanol–water partition coefficient (Wildman–Crippen LogP) is 4.08. The van der Waals surface area contributed by atoms with Gasteiger partial charge in [0.05, 0.1) is 17.2 Å². The van der Waals surface area contributed by atoms with E-state index in [0.29, 0.717) is 0 Å². The highest BCUT2D eigenvalue weighted by atomic mass is 32.1. The van der Waals surface area contributed by atoms with E-state index in [9.17, 15) is 9.59 Å². The number of ketones is 1. The summed E-state index contributed by atoms with van der Waals surface area (Å²) >= 11 is 1.47. The fourth-order valence-corrected chi connectivity index (χ4v) is 3.51. The number of nitrogens with one attached hydrogen (secondary N) is 1. The van der Waals surface area contributed by atoms with E-state index >= 15 is 0 Å². The second-order valence-electron chi connectivity index (χ2n) is 6.18. The van der Waals surface area contributed by atoms with E-state index in [2.05, 4.69) is 10.3 Å². The monoisotopic (exact) mass is 367 g/mol. The normalized spacial score (nSPS) is 11.9. The lowest BCUT2D eigenvalue weighted by Crippen LogP contribution is -2.26. The summed E-state index contributed by atoms with van der Waals surface area (Å²) in [5.41, 5.74) is 2.03. The highest BCUT2D eigenvalue weighted by Crippen LogP contribution is 2.18. The van der Waals surface area contributed by atoms with Crippen molar-refractivity contribution in [2.75, 3.05) is 0 Å². The first-order valence-electron chi connectivity index (χ1n) is 8.50. The lowest BCUT2D eigenvalue weighted by atomic mass is 10.1. The highest BCUT2D eigenvalue weighted by Gasteiger charge is 2.13. The molecule has 0 bridgehead atoms. The standard InChI is InChI=1S/C20H21N3O2S/c1-14-3-9-19(26-14)18(24)8-10-20(25)22-15(2)16-4-6-17(7-5-16)23-12-11-21-13-23/h3-7,9,11-13,15H,8,10H2,1-2H3,(H,22,25). The molecule has 0 fully saturated rings. The lowest BCUT2D eigenvalue weighted by molar-refractivity contribution is -0.121. The summed E-state index contributed by atoms with van der Waals surface area (Å²) in [4.78, 5) is 30.1. The van der Waals surface area contributed by atoms with Crippen molar-refractivity contribution in [3.63, 3.8) is 0 Å². The van der Waals surface area contributed by atoms with Crippen LogP contribution in [0.25, 0.3) is 5.69 Å². The van der Waals surface area contributed by atoms with Crippen molar-refractivity contribution in [2.45, 2.75) is 32.7 Å². The van der Waals surface area contributed by atoms with Crippen LogP contribution in [0.5, 0.6) is 0 Å². The van der Waals surface area contributed by atoms with Crippen molar-refractivity contribution in [1.82, 2.24) is 14.9 Å². The first-order chi connectivity index (χ1) is 12.5. The highest BCUT2D eigenvalue weighted by molar-refractivity contribution is 7.14. The minimum atomic E-state index is -0.113. The van der Waals surface area contributed by atoms with Gasteiger partial charge in [0.25, 0.3) is 0 Å². The van der Waals surface area contributed by atoms with E-state index in [0.717, 1.165) is 21.0 Å². The van der Waals surface area contributed by atoms with Gasteiger partial charge in [0.2, 0.25) is 5.91 Å². The Labute approximate surface area is 156 Å². The average molecular weight is 367 g/mol. The molecule has 134 valence electrons. The quantitative estimate of drug-likeness (QED) is 0.640. The van der Waals surface area contributed by atoms with Crippen molar-refractivity contribution in [2.24, 2.45) is 0 Å². The topological polar surface area (TPSA) is 64.0 Å². The molecule has 0 aliphatic heterocycles. The molecule has 1 N–H and O–H groups in total. The van der Waals surface area contributed by atoms with E-state index in [1.54, 1.807) is 12.5 Å². The smallest absolute Gasteiger partial charge is 0.220 e. The predicted molar refractivity (Wildman–Crippen MR) is 103 cm³/mol. The maximum Gasteiger partial charge on any atom is 0.220 e. The number of hydrogen-bond donors (Lipinski definition) is 1. The van der Waals surface area contributed by atoms with Crippen molar-refractivity contribution >= 4 is 23.0 Å². The molecular weight excluding hydrogens is 346 g/mol. The van der Waals surface area contributed by atoms with Crippen LogP contribution in [0.15, 0.2) is 55.1 Å². The van der Waals surface area contributed by atoms with Gasteiger partial charge in [-0.1, -0.05) is 12.1 Å². The SMILES string of the molecule is Cc1ccc(C(=O)CCC(=O)NC(C)c2ccc(-n3ccnc3)cc2)s1. The van der Waals surface area contributed by atoms with Crippen LogP contribution >= 0.6 is 11.3 Å². The van der Waals surface area contributed by atoms with Gasteiger partial charge in [-0.15, -0.1) is 11.3 Å². The molecule has 0 saturated heterocycles. The number of imidazole rings is 1. The molecular formula is C20H21N3O2S. The molecule has 3 aromatic rings. The number of Topliss-reactive ketones (excluding diaryl/α,β-unsaturated/α-hetero) is 1. The molecule has 1 atom stereocenters. The van der Waals surface area contributed by atoms with Crippen LogP contribution in [0.1, 0.15) is 45.9 Å². The van der Waals surface area contributed by atoms with Gasteiger partial charge in [-0.2, -0.15) is 0 Å². The molecule has 0 saturated carbocycles. The summed E-state index contributed by atoms with van der Waals surface area (Å²) in [6.45, 7) is 3.91. The molecule has 1 unspecified atom stereocenters. The van der Waals surface area contributed by atoms with Crippen molar-refractivity contribution in [1.29, 1.82) is 0 Å². The minimum absolute atomic E-state index is 0.0237. The molecule has 1 amide bonds. The van der Waals surface area contributed by atoms with Gasteiger partial charge in [-0.05, 0) is 43.7 Å². The number of carbonyl (C=O) groups excluding carboxylic acids is 2. The Kier molecular flexibility index (Phi) is 5.63. The Morgan fingerprint density at radius 1 is 1.15 bits per heavy atom. The van der Waals surface area contributed by atoms with Crippen LogP contribution in [-0.2, 0) is 4.79 Å². The van der Waals surface area contributed by atoms with Crippen molar-refractivity contribution < 1.29 is 9.59 Å². The van der Waals surface area contributed by atoms with Crippen LogP contribution in [0, 0.1) is 6.92 Å². The summed E-state index contributed by atoms with van der Waals surface area (Å²) in [7, 11) is 0. The zero-order valence-electron chi connectivity index (χ0n) is 14.8. The third kappa shape index (κ3) is 4.46. The number of amides is 1. The number of rotatable bonds is 7. The van der Waals surface area contributed by atoms with Crippen LogP contribution < -0.4 is 5.32 Å². The number of thiophene rings is 1. The molecule has 2 heterocycles. The molecule has 6 heteroatoms. The molecule has 26 heavy (non-hydrogen) atoms. The Balaban J connectivity index is 1.51. The summed E-state index contributed by atoms with van der Waals surface area (Å²) < 4.78 is 1.92. The molecule has 0 radical (unpaired) electrons. The molecule has 2 aromatic heterocycles. The van der Waals surface area contributed by atoms with E-state index in [4.69, 9.17) is 0 Å². The Hall–Kier alpha value is -2.73. The van der Waals surface area contributed by atoms with E-state index < -0.39 is 0 Å². The van der Waals surface area contributed by atoms with Gasteiger partial charge >= 0.3 is 0 Å². The number of aromatic nitrogens is 2. The summed E-state index contributed by atoms with van der Waals surface area (Å²) in [5.74, 6) is -0.0894. The van der Waals surface area contributed by atoms with Gasteiger partial charge in [-0.3, -0.25) is 9.59 Å². The molecule has 5 nitrogen and oxygen atoms in total. The van der Waals surface area contributed by atoms with Gasteiger partial charge in [0.15, 0.2) is 5.78 Å². The molecule has 1 aromatic carbocycles. The summed E-state index contributed by atoms with van der Waals surface area (Å²) in [6.07, 6.45) is 5.79. The fraction of sp³-hybridized carbons (Fsp3) is 0.250. The van der Waals surface area contributed by atoms with Gasteiger partial charge in [-0.25, -0.2) is 4.98 Å². The van der Waals surface area contributed by atoms with E-state index in [1.807, 2.05) is 61.0 Å². The van der Waals surface area contributed by atoms with Crippen molar-refractivity contribution in [3.05, 3.63) is 70.4 Å². The van der Waals surface area contributed by atoms with Gasteiger partial charge in [0.1, 0.15) is 0 Å². The Morgan fingerprint density at radius 2 is 1.92 bits per heavy atom. The Morgan fingerprint density at radius 3 is 2.54 bits per heavy atom. The molecule has 0 aliphatic carbocycles. The number of hydrogen-bond acceptors (Lipinski definition) is 4. The molecule has 3 rings (SSSR count). The zero-order valence-corrected chi connectivity index (χ0v) is 15.6. The first kappa shape index (κ1) is 18.1. The number of benzene rings is 1. The summed E-state index contributed by atoms with van der Waals surface area (Å²) in [6, 6.07) is 11.6. The van der Waals surface area contributed by atoms with Crippen LogP contribution in [0.2, 0.25) is 0 Å². The van der Waals surface area contributed by atoms with Crippen LogP contribution in [0.3, 0.4) is 0 Å². The molecule has 0 aliphatic rings. The van der Waals surface area contributed by atoms with E-state index in [-0.39, 0.29) is 30.6 Å². The van der Waals surface area contributed by atoms with Crippen LogP contribution in [-0.4, -0.2) is 21.2 Å². The fourth-order valence-electron chi connectivity index (χ4n) is 2.68. The lowest BCUT2D eigenvalue weighted by Gasteiger charge is -2.15. The second kappa shape index (κ2) is 8.10. The largest absolute Gasteiger partial charge is 0.350 e. The first-order valence-corrected chi connectivity index (χ1v) is 9.32. The number of aryl methyl sites for hydroxylation is 1. The van der Waals surface area contributed by atoms with Gasteiger partial charge in [0, 0.05) is 35.8 Å². The van der Waals surface area contributed by atoms with Gasteiger partial charge < -0.3 is 9.88 Å². The summed E-state index contributed by atoms with van der Waals surface area (Å²) in [5, 5.41) is 2.96.